The van der Waals surface area contributed by atoms with E-state index in [9.17, 15) is 0 Å². The van der Waals surface area contributed by atoms with Gasteiger partial charge in [-0.05, 0) is 23.6 Å². The highest BCUT2D eigenvalue weighted by molar-refractivity contribution is 5.57. The lowest BCUT2D eigenvalue weighted by atomic mass is 10.1. The lowest BCUT2D eigenvalue weighted by Crippen LogP contribution is -1.92. The van der Waals surface area contributed by atoms with Crippen LogP contribution in [0, 0.1) is 0 Å². The number of aliphatic hydroxyl groups excluding tert-OH is 1. The van der Waals surface area contributed by atoms with Gasteiger partial charge in [0, 0.05) is 12.7 Å². The molecule has 0 saturated carbocycles. The van der Waals surface area contributed by atoms with E-state index in [1.807, 2.05) is 12.3 Å². The molecule has 13 heavy (non-hydrogen) atoms. The van der Waals surface area contributed by atoms with E-state index in [0.29, 0.717) is 0 Å². The number of rotatable bonds is 2. The quantitative estimate of drug-likeness (QED) is 0.708. The smallest absolute Gasteiger partial charge is 0.129 e. The summed E-state index contributed by atoms with van der Waals surface area (Å²) in [5.41, 5.74) is 2.32. The first kappa shape index (κ1) is 8.26. The minimum Gasteiger partial charge on any atom is -0.392 e. The van der Waals surface area contributed by atoms with Crippen molar-refractivity contribution in [1.29, 1.82) is 0 Å². The molecule has 0 amide bonds. The first-order valence-electron chi connectivity index (χ1n) is 4.40. The van der Waals surface area contributed by atoms with Gasteiger partial charge in [0.1, 0.15) is 5.82 Å². The zero-order chi connectivity index (χ0) is 9.10. The Kier molecular flexibility index (Phi) is 2.27. The number of nitrogens with one attached hydrogen (secondary N) is 1. The molecular formula is C10H12N2O. The van der Waals surface area contributed by atoms with Crippen molar-refractivity contribution in [2.45, 2.75) is 6.42 Å². The van der Waals surface area contributed by atoms with Gasteiger partial charge in [-0.25, -0.2) is 4.98 Å². The number of aromatic nitrogens is 1. The summed E-state index contributed by atoms with van der Waals surface area (Å²) in [7, 11) is 0. The Hall–Kier alpha value is -1.35. The Labute approximate surface area is 77.1 Å². The van der Waals surface area contributed by atoms with E-state index in [1.54, 1.807) is 6.08 Å². The number of hydrogen-bond acceptors (Lipinski definition) is 3. The minimum atomic E-state index is 0.0787. The van der Waals surface area contributed by atoms with Crippen LogP contribution in [-0.2, 0) is 6.42 Å². The summed E-state index contributed by atoms with van der Waals surface area (Å²) in [6.07, 6.45) is 6.45. The van der Waals surface area contributed by atoms with Crippen molar-refractivity contribution >= 4 is 11.9 Å². The van der Waals surface area contributed by atoms with Crippen molar-refractivity contribution in [3.63, 3.8) is 0 Å². The predicted molar refractivity (Wildman–Crippen MR) is 52.6 cm³/mol. The van der Waals surface area contributed by atoms with Gasteiger partial charge in [-0.15, -0.1) is 0 Å². The maximum absolute atomic E-state index is 8.60. The Morgan fingerprint density at radius 1 is 1.62 bits per heavy atom. The molecule has 0 radical (unpaired) electrons. The standard InChI is InChI=1S/C10H12N2O/c13-5-1-2-8-6-9-3-4-11-10(9)12-7-8/h1-2,6-7,13H,3-5H2,(H,11,12). The van der Waals surface area contributed by atoms with E-state index in [-0.39, 0.29) is 6.61 Å². The molecular weight excluding hydrogens is 164 g/mol. The van der Waals surface area contributed by atoms with E-state index in [0.717, 1.165) is 24.3 Å². The zero-order valence-corrected chi connectivity index (χ0v) is 7.33. The van der Waals surface area contributed by atoms with E-state index in [4.69, 9.17) is 5.11 Å². The summed E-state index contributed by atoms with van der Waals surface area (Å²) in [5.74, 6) is 1.00. The fourth-order valence-electron chi connectivity index (χ4n) is 1.47. The fourth-order valence-corrected chi connectivity index (χ4v) is 1.47. The summed E-state index contributed by atoms with van der Waals surface area (Å²) < 4.78 is 0. The molecule has 0 bridgehead atoms. The molecule has 0 atom stereocenters. The van der Waals surface area contributed by atoms with Gasteiger partial charge in [-0.3, -0.25) is 0 Å². The zero-order valence-electron chi connectivity index (χ0n) is 7.33. The van der Waals surface area contributed by atoms with E-state index >= 15 is 0 Å². The second-order valence-electron chi connectivity index (χ2n) is 3.04. The lowest BCUT2D eigenvalue weighted by molar-refractivity contribution is 0.343. The molecule has 0 unspecified atom stereocenters. The van der Waals surface area contributed by atoms with Crippen LogP contribution in [0.25, 0.3) is 6.08 Å². The van der Waals surface area contributed by atoms with Crippen LogP contribution in [0.2, 0.25) is 0 Å². The average molecular weight is 176 g/mol. The maximum atomic E-state index is 8.60. The number of nitrogens with zero attached hydrogens (tertiary/aromatic N) is 1. The van der Waals surface area contributed by atoms with Crippen molar-refractivity contribution in [1.82, 2.24) is 4.98 Å². The van der Waals surface area contributed by atoms with Gasteiger partial charge in [0.05, 0.1) is 6.61 Å². The predicted octanol–water partition coefficient (Wildman–Crippen LogP) is 1.06. The summed E-state index contributed by atoms with van der Waals surface area (Å²) in [4.78, 5) is 4.27. The van der Waals surface area contributed by atoms with Gasteiger partial charge in [0.2, 0.25) is 0 Å². The van der Waals surface area contributed by atoms with Crippen LogP contribution < -0.4 is 5.32 Å². The summed E-state index contributed by atoms with van der Waals surface area (Å²) in [6, 6.07) is 2.11. The molecule has 2 heterocycles. The normalized spacial score (nSPS) is 14.5. The van der Waals surface area contributed by atoms with Crippen molar-refractivity contribution in [2.75, 3.05) is 18.5 Å². The molecule has 3 heteroatoms. The molecule has 1 aromatic heterocycles. The summed E-state index contributed by atoms with van der Waals surface area (Å²) in [6.45, 7) is 1.06. The molecule has 2 rings (SSSR count). The van der Waals surface area contributed by atoms with Crippen LogP contribution in [0.4, 0.5) is 5.82 Å². The van der Waals surface area contributed by atoms with Crippen LogP contribution >= 0.6 is 0 Å². The maximum Gasteiger partial charge on any atom is 0.129 e. The molecule has 0 saturated heterocycles. The van der Waals surface area contributed by atoms with Crippen molar-refractivity contribution in [3.8, 4) is 0 Å². The first-order valence-corrected chi connectivity index (χ1v) is 4.40. The van der Waals surface area contributed by atoms with Crippen molar-refractivity contribution < 1.29 is 5.11 Å². The van der Waals surface area contributed by atoms with Crippen molar-refractivity contribution in [2.24, 2.45) is 0 Å². The highest BCUT2D eigenvalue weighted by atomic mass is 16.2. The Morgan fingerprint density at radius 2 is 2.54 bits per heavy atom. The molecule has 2 N–H and O–H groups in total. The molecule has 0 aromatic carbocycles. The van der Waals surface area contributed by atoms with Gasteiger partial charge < -0.3 is 10.4 Å². The molecule has 0 fully saturated rings. The molecule has 1 aliphatic heterocycles. The van der Waals surface area contributed by atoms with Gasteiger partial charge in [0.15, 0.2) is 0 Å². The highest BCUT2D eigenvalue weighted by Crippen LogP contribution is 2.20. The third kappa shape index (κ3) is 1.70. The van der Waals surface area contributed by atoms with Crippen LogP contribution in [0.5, 0.6) is 0 Å². The third-order valence-electron chi connectivity index (χ3n) is 2.09. The van der Waals surface area contributed by atoms with Crippen LogP contribution in [0.1, 0.15) is 11.1 Å². The van der Waals surface area contributed by atoms with E-state index in [1.165, 1.54) is 5.56 Å². The lowest BCUT2D eigenvalue weighted by Gasteiger charge is -1.98. The number of hydrogen-bond donors (Lipinski definition) is 2. The third-order valence-corrected chi connectivity index (χ3v) is 2.09. The monoisotopic (exact) mass is 176 g/mol. The second-order valence-corrected chi connectivity index (χ2v) is 3.04. The molecule has 68 valence electrons. The highest BCUT2D eigenvalue weighted by Gasteiger charge is 2.10. The molecule has 0 spiro atoms. The second kappa shape index (κ2) is 3.58. The largest absolute Gasteiger partial charge is 0.392 e. The van der Waals surface area contributed by atoms with Gasteiger partial charge in [-0.1, -0.05) is 12.2 Å². The topological polar surface area (TPSA) is 45.2 Å². The number of aliphatic hydroxyl groups is 1. The Bertz CT molecular complexity index is 334. The van der Waals surface area contributed by atoms with Crippen LogP contribution in [0.15, 0.2) is 18.3 Å². The number of anilines is 1. The first-order chi connectivity index (χ1) is 6.40. The molecule has 3 nitrogen and oxygen atoms in total. The van der Waals surface area contributed by atoms with E-state index in [2.05, 4.69) is 16.4 Å². The number of fused-ring (bicyclic) bond motifs is 1. The molecule has 0 aliphatic carbocycles. The fraction of sp³-hybridized carbons (Fsp3) is 0.300. The summed E-state index contributed by atoms with van der Waals surface area (Å²) in [5, 5.41) is 11.8. The average Bonchev–Trinajstić information content (AvgIpc) is 2.61. The van der Waals surface area contributed by atoms with Crippen LogP contribution in [0.3, 0.4) is 0 Å². The molecule has 1 aliphatic rings. The number of pyridine rings is 1. The summed E-state index contributed by atoms with van der Waals surface area (Å²) >= 11 is 0. The van der Waals surface area contributed by atoms with Crippen LogP contribution in [-0.4, -0.2) is 23.2 Å². The Balaban J connectivity index is 2.25. The Morgan fingerprint density at radius 3 is 3.38 bits per heavy atom. The van der Waals surface area contributed by atoms with Crippen molar-refractivity contribution in [3.05, 3.63) is 29.5 Å². The van der Waals surface area contributed by atoms with Gasteiger partial charge >= 0.3 is 0 Å². The van der Waals surface area contributed by atoms with Gasteiger partial charge in [-0.2, -0.15) is 0 Å². The SMILES string of the molecule is OCC=Cc1cnc2c(c1)CCN2. The van der Waals surface area contributed by atoms with Gasteiger partial charge in [0.25, 0.3) is 0 Å². The van der Waals surface area contributed by atoms with E-state index < -0.39 is 0 Å². The molecule has 1 aromatic rings. The minimum absolute atomic E-state index is 0.0787.